The van der Waals surface area contributed by atoms with Gasteiger partial charge >= 0.3 is 0 Å². The molecular weight excluding hydrogens is 282 g/mol. The number of carbonyl (C=O) groups excluding carboxylic acids is 1. The number of amides is 1. The normalized spacial score (nSPS) is 16.2. The third-order valence-electron chi connectivity index (χ3n) is 3.48. The van der Waals surface area contributed by atoms with E-state index in [-0.39, 0.29) is 29.1 Å². The van der Waals surface area contributed by atoms with Gasteiger partial charge in [-0.25, -0.2) is 0 Å². The van der Waals surface area contributed by atoms with E-state index in [4.69, 9.17) is 17.3 Å². The molecule has 2 N–H and O–H groups in total. The first-order valence-electron chi connectivity index (χ1n) is 6.43. The van der Waals surface area contributed by atoms with Crippen LogP contribution in [0.2, 0.25) is 5.02 Å². The van der Waals surface area contributed by atoms with Gasteiger partial charge in [0.15, 0.2) is 0 Å². The number of nitro groups is 1. The number of carbonyl (C=O) groups is 1. The van der Waals surface area contributed by atoms with Crippen LogP contribution in [-0.2, 0) is 11.2 Å². The smallest absolute Gasteiger partial charge is 0.270 e. The summed E-state index contributed by atoms with van der Waals surface area (Å²) in [6.07, 6.45) is 1.77. The Hall–Kier alpha value is -1.66. The molecule has 1 aliphatic heterocycles. The Balaban J connectivity index is 2.02. The van der Waals surface area contributed by atoms with Crippen molar-refractivity contribution in [1.29, 1.82) is 0 Å². The molecule has 0 bridgehead atoms. The summed E-state index contributed by atoms with van der Waals surface area (Å²) in [7, 11) is 0. The lowest BCUT2D eigenvalue weighted by Crippen LogP contribution is -2.43. The van der Waals surface area contributed by atoms with Crippen molar-refractivity contribution in [1.82, 2.24) is 4.90 Å². The summed E-state index contributed by atoms with van der Waals surface area (Å²) < 4.78 is 0. The van der Waals surface area contributed by atoms with Gasteiger partial charge in [-0.05, 0) is 18.4 Å². The van der Waals surface area contributed by atoms with Crippen LogP contribution in [0.4, 0.5) is 5.69 Å². The highest BCUT2D eigenvalue weighted by Gasteiger charge is 2.21. The number of nitrogens with two attached hydrogens (primary N) is 1. The summed E-state index contributed by atoms with van der Waals surface area (Å²) in [5, 5.41) is 10.9. The standard InChI is InChI=1S/C13H16ClN3O3/c14-12-8-11(17(19)20)2-1-9(12)7-13(18)16-5-3-10(15)4-6-16/h1-2,8,10H,3-7,15H2. The Kier molecular flexibility index (Phi) is 4.57. The molecule has 20 heavy (non-hydrogen) atoms. The zero-order valence-electron chi connectivity index (χ0n) is 10.9. The zero-order valence-corrected chi connectivity index (χ0v) is 11.7. The number of nitrogens with zero attached hydrogens (tertiary/aromatic N) is 2. The minimum absolute atomic E-state index is 0.0207. The van der Waals surface area contributed by atoms with Gasteiger partial charge in [-0.3, -0.25) is 14.9 Å². The molecule has 1 heterocycles. The summed E-state index contributed by atoms with van der Waals surface area (Å²) in [6.45, 7) is 1.31. The summed E-state index contributed by atoms with van der Waals surface area (Å²) >= 11 is 5.98. The molecule has 0 aromatic heterocycles. The second-order valence-corrected chi connectivity index (χ2v) is 5.34. The Labute approximate surface area is 121 Å². The maximum atomic E-state index is 12.1. The molecule has 0 aliphatic carbocycles. The molecule has 1 fully saturated rings. The number of benzene rings is 1. The van der Waals surface area contributed by atoms with Crippen molar-refractivity contribution < 1.29 is 9.72 Å². The van der Waals surface area contributed by atoms with Crippen LogP contribution in [0.5, 0.6) is 0 Å². The largest absolute Gasteiger partial charge is 0.342 e. The Morgan fingerprint density at radius 1 is 1.45 bits per heavy atom. The Morgan fingerprint density at radius 2 is 2.10 bits per heavy atom. The number of piperidine rings is 1. The molecule has 1 aromatic carbocycles. The molecule has 0 saturated carbocycles. The van der Waals surface area contributed by atoms with E-state index in [1.165, 1.54) is 18.2 Å². The van der Waals surface area contributed by atoms with Gasteiger partial charge in [0.25, 0.3) is 5.69 Å². The van der Waals surface area contributed by atoms with Crippen LogP contribution in [0.1, 0.15) is 18.4 Å². The third-order valence-corrected chi connectivity index (χ3v) is 3.83. The lowest BCUT2D eigenvalue weighted by atomic mass is 10.0. The highest BCUT2D eigenvalue weighted by Crippen LogP contribution is 2.23. The van der Waals surface area contributed by atoms with E-state index in [1.54, 1.807) is 4.90 Å². The highest BCUT2D eigenvalue weighted by atomic mass is 35.5. The lowest BCUT2D eigenvalue weighted by Gasteiger charge is -2.30. The van der Waals surface area contributed by atoms with Crippen molar-refractivity contribution in [3.05, 3.63) is 38.9 Å². The van der Waals surface area contributed by atoms with Gasteiger partial charge in [-0.1, -0.05) is 17.7 Å². The molecule has 1 aromatic rings. The first kappa shape index (κ1) is 14.7. The summed E-state index contributed by atoms with van der Waals surface area (Å²) in [4.78, 5) is 24.0. The van der Waals surface area contributed by atoms with Gasteiger partial charge in [0, 0.05) is 31.3 Å². The van der Waals surface area contributed by atoms with E-state index in [1.807, 2.05) is 0 Å². The molecule has 7 heteroatoms. The minimum Gasteiger partial charge on any atom is -0.342 e. The average molecular weight is 298 g/mol. The van der Waals surface area contributed by atoms with Crippen molar-refractivity contribution >= 4 is 23.2 Å². The van der Waals surface area contributed by atoms with Gasteiger partial charge in [0.05, 0.1) is 16.4 Å². The van der Waals surface area contributed by atoms with Gasteiger partial charge in [0.2, 0.25) is 5.91 Å². The van der Waals surface area contributed by atoms with Crippen molar-refractivity contribution in [2.75, 3.05) is 13.1 Å². The molecule has 2 rings (SSSR count). The summed E-state index contributed by atoms with van der Waals surface area (Å²) in [5.74, 6) is -0.0207. The molecule has 0 radical (unpaired) electrons. The van der Waals surface area contributed by atoms with Crippen LogP contribution in [0, 0.1) is 10.1 Å². The van der Waals surface area contributed by atoms with Crippen molar-refractivity contribution in [3.8, 4) is 0 Å². The fourth-order valence-corrected chi connectivity index (χ4v) is 2.46. The number of hydrogen-bond acceptors (Lipinski definition) is 4. The average Bonchev–Trinajstić information content (AvgIpc) is 2.41. The SMILES string of the molecule is NC1CCN(C(=O)Cc2ccc([N+](=O)[O-])cc2Cl)CC1. The van der Waals surface area contributed by atoms with Crippen LogP contribution in [0.3, 0.4) is 0 Å². The van der Waals surface area contributed by atoms with E-state index in [2.05, 4.69) is 0 Å². The number of halogens is 1. The number of hydrogen-bond donors (Lipinski definition) is 1. The van der Waals surface area contributed by atoms with Crippen molar-refractivity contribution in [3.63, 3.8) is 0 Å². The predicted octanol–water partition coefficient (Wildman–Crippen LogP) is 1.74. The van der Waals surface area contributed by atoms with Gasteiger partial charge in [-0.15, -0.1) is 0 Å². The second-order valence-electron chi connectivity index (χ2n) is 4.93. The number of nitro benzene ring substituents is 1. The minimum atomic E-state index is -0.510. The van der Waals surface area contributed by atoms with Crippen molar-refractivity contribution in [2.45, 2.75) is 25.3 Å². The van der Waals surface area contributed by atoms with Crippen molar-refractivity contribution in [2.24, 2.45) is 5.73 Å². The molecule has 1 aliphatic rings. The highest BCUT2D eigenvalue weighted by molar-refractivity contribution is 6.31. The number of non-ortho nitro benzene ring substituents is 1. The lowest BCUT2D eigenvalue weighted by molar-refractivity contribution is -0.384. The fourth-order valence-electron chi connectivity index (χ4n) is 2.22. The maximum Gasteiger partial charge on any atom is 0.270 e. The monoisotopic (exact) mass is 297 g/mol. The maximum absolute atomic E-state index is 12.1. The Bertz CT molecular complexity index is 528. The van der Waals surface area contributed by atoms with E-state index in [9.17, 15) is 14.9 Å². The van der Waals surface area contributed by atoms with E-state index >= 15 is 0 Å². The molecule has 1 amide bonds. The molecule has 0 spiro atoms. The van der Waals surface area contributed by atoms with Crippen LogP contribution in [-0.4, -0.2) is 34.9 Å². The number of likely N-dealkylation sites (tertiary alicyclic amines) is 1. The van der Waals surface area contributed by atoms with Crippen LogP contribution in [0.15, 0.2) is 18.2 Å². The molecule has 1 saturated heterocycles. The fraction of sp³-hybridized carbons (Fsp3) is 0.462. The predicted molar refractivity (Wildman–Crippen MR) is 75.6 cm³/mol. The van der Waals surface area contributed by atoms with Crippen LogP contribution < -0.4 is 5.73 Å². The molecule has 0 atom stereocenters. The van der Waals surface area contributed by atoms with Gasteiger partial charge in [0.1, 0.15) is 0 Å². The zero-order chi connectivity index (χ0) is 14.7. The number of rotatable bonds is 3. The molecular formula is C13H16ClN3O3. The second kappa shape index (κ2) is 6.19. The molecule has 0 unspecified atom stereocenters. The van der Waals surface area contributed by atoms with Gasteiger partial charge in [-0.2, -0.15) is 0 Å². The first-order valence-corrected chi connectivity index (χ1v) is 6.81. The quantitative estimate of drug-likeness (QED) is 0.680. The van der Waals surface area contributed by atoms with Crippen LogP contribution in [0.25, 0.3) is 0 Å². The molecule has 6 nitrogen and oxygen atoms in total. The summed E-state index contributed by atoms with van der Waals surface area (Å²) in [6, 6.07) is 4.34. The Morgan fingerprint density at radius 3 is 2.65 bits per heavy atom. The third kappa shape index (κ3) is 3.46. The van der Waals surface area contributed by atoms with E-state index in [0.29, 0.717) is 18.7 Å². The first-order chi connectivity index (χ1) is 9.47. The molecule has 108 valence electrons. The topological polar surface area (TPSA) is 89.5 Å². The van der Waals surface area contributed by atoms with E-state index in [0.717, 1.165) is 12.8 Å². The van der Waals surface area contributed by atoms with E-state index < -0.39 is 4.92 Å². The van der Waals surface area contributed by atoms with Gasteiger partial charge < -0.3 is 10.6 Å². The summed E-state index contributed by atoms with van der Waals surface area (Å²) in [5.41, 5.74) is 6.33. The van der Waals surface area contributed by atoms with Crippen LogP contribution >= 0.6 is 11.6 Å².